The summed E-state index contributed by atoms with van der Waals surface area (Å²) >= 11 is 2.29. The Morgan fingerprint density at radius 3 is 2.68 bits per heavy atom. The van der Waals surface area contributed by atoms with Crippen LogP contribution in [0.3, 0.4) is 0 Å². The second-order valence-electron chi connectivity index (χ2n) is 7.27. The lowest BCUT2D eigenvalue weighted by atomic mass is 10.1. The molecule has 0 fully saturated rings. The molecule has 4 aromatic heterocycles. The van der Waals surface area contributed by atoms with E-state index in [4.69, 9.17) is 4.98 Å². The van der Waals surface area contributed by atoms with Gasteiger partial charge in [0.15, 0.2) is 0 Å². The van der Waals surface area contributed by atoms with Crippen molar-refractivity contribution in [2.24, 2.45) is 0 Å². The quantitative estimate of drug-likeness (QED) is 0.274. The first-order valence-electron chi connectivity index (χ1n) is 10.1. The smallest absolute Gasteiger partial charge is 0.127 e. The number of pyridine rings is 3. The van der Waals surface area contributed by atoms with Crippen molar-refractivity contribution in [1.82, 2.24) is 19.9 Å². The summed E-state index contributed by atoms with van der Waals surface area (Å²) in [6.07, 6.45) is 8.52. The fourth-order valence-corrected chi connectivity index (χ4v) is 4.16. The minimum Gasteiger partial charge on any atom is -0.370 e. The van der Waals surface area contributed by atoms with Crippen molar-refractivity contribution < 1.29 is 0 Å². The Balaban J connectivity index is 1.43. The molecule has 0 saturated carbocycles. The van der Waals surface area contributed by atoms with Crippen molar-refractivity contribution in [3.05, 3.63) is 94.6 Å². The van der Waals surface area contributed by atoms with Crippen molar-refractivity contribution in [3.8, 4) is 22.5 Å². The van der Waals surface area contributed by atoms with Gasteiger partial charge in [-0.15, -0.1) is 0 Å². The molecule has 1 aromatic carbocycles. The highest BCUT2D eigenvalue weighted by molar-refractivity contribution is 14.1. The molecule has 0 radical (unpaired) electrons. The average molecular weight is 517 g/mol. The third kappa shape index (κ3) is 4.44. The van der Waals surface area contributed by atoms with Crippen LogP contribution >= 0.6 is 22.6 Å². The summed E-state index contributed by atoms with van der Waals surface area (Å²) in [6, 6.07) is 20.5. The molecule has 2 N–H and O–H groups in total. The summed E-state index contributed by atoms with van der Waals surface area (Å²) in [4.78, 5) is 17.0. The van der Waals surface area contributed by atoms with E-state index in [-0.39, 0.29) is 0 Å². The molecule has 0 amide bonds. The molecule has 0 saturated heterocycles. The minimum absolute atomic E-state index is 0.782. The first-order valence-corrected chi connectivity index (χ1v) is 11.2. The molecule has 5 aromatic rings. The van der Waals surface area contributed by atoms with E-state index in [1.807, 2.05) is 30.6 Å². The molecule has 0 unspecified atom stereocenters. The Morgan fingerprint density at radius 1 is 0.903 bits per heavy atom. The van der Waals surface area contributed by atoms with Crippen molar-refractivity contribution in [2.45, 2.75) is 6.42 Å². The number of anilines is 1. The monoisotopic (exact) mass is 517 g/mol. The van der Waals surface area contributed by atoms with Crippen LogP contribution in [0.1, 0.15) is 5.56 Å². The predicted octanol–water partition coefficient (Wildman–Crippen LogP) is 5.95. The van der Waals surface area contributed by atoms with Crippen molar-refractivity contribution in [2.75, 3.05) is 11.9 Å². The van der Waals surface area contributed by atoms with E-state index in [0.29, 0.717) is 0 Å². The van der Waals surface area contributed by atoms with Crippen LogP contribution in [0, 0.1) is 3.57 Å². The molecule has 0 bridgehead atoms. The molecule has 6 heteroatoms. The summed E-state index contributed by atoms with van der Waals surface area (Å²) in [6.45, 7) is 0.782. The molecule has 4 heterocycles. The number of nitrogens with zero attached hydrogens (tertiary/aromatic N) is 3. The summed E-state index contributed by atoms with van der Waals surface area (Å²) in [7, 11) is 0. The first-order chi connectivity index (χ1) is 15.3. The van der Waals surface area contributed by atoms with E-state index in [2.05, 4.69) is 91.5 Å². The summed E-state index contributed by atoms with van der Waals surface area (Å²) in [5.74, 6) is 0.830. The number of fused-ring (bicyclic) bond motifs is 1. The highest BCUT2D eigenvalue weighted by Gasteiger charge is 2.09. The second-order valence-corrected chi connectivity index (χ2v) is 8.52. The van der Waals surface area contributed by atoms with Crippen molar-refractivity contribution in [3.63, 3.8) is 0 Å². The number of hydrogen-bond donors (Lipinski definition) is 2. The van der Waals surface area contributed by atoms with Gasteiger partial charge in [0.05, 0.1) is 11.4 Å². The Morgan fingerprint density at radius 2 is 1.81 bits per heavy atom. The zero-order valence-electron chi connectivity index (χ0n) is 16.7. The fourth-order valence-electron chi connectivity index (χ4n) is 3.67. The van der Waals surface area contributed by atoms with E-state index in [1.165, 1.54) is 16.5 Å². The predicted molar refractivity (Wildman–Crippen MR) is 134 cm³/mol. The Bertz CT molecular complexity index is 1330. The van der Waals surface area contributed by atoms with Gasteiger partial charge < -0.3 is 10.3 Å². The number of benzene rings is 1. The van der Waals surface area contributed by atoms with Crippen LogP contribution in [-0.4, -0.2) is 26.5 Å². The number of aromatic nitrogens is 4. The van der Waals surface area contributed by atoms with Crippen LogP contribution in [0.5, 0.6) is 0 Å². The van der Waals surface area contributed by atoms with Gasteiger partial charge >= 0.3 is 0 Å². The molecular formula is C25H20IN5. The van der Waals surface area contributed by atoms with Gasteiger partial charge in [-0.1, -0.05) is 24.3 Å². The highest BCUT2D eigenvalue weighted by atomic mass is 127. The molecule has 0 aliphatic rings. The maximum atomic E-state index is 4.83. The summed E-state index contributed by atoms with van der Waals surface area (Å²) in [5, 5.41) is 4.78. The summed E-state index contributed by atoms with van der Waals surface area (Å²) in [5.41, 5.74) is 6.28. The van der Waals surface area contributed by atoms with E-state index in [9.17, 15) is 0 Å². The molecule has 5 rings (SSSR count). The van der Waals surface area contributed by atoms with E-state index >= 15 is 0 Å². The van der Waals surface area contributed by atoms with Gasteiger partial charge in [0, 0.05) is 51.4 Å². The molecule has 0 spiro atoms. The molecule has 152 valence electrons. The van der Waals surface area contributed by atoms with E-state index < -0.39 is 0 Å². The fraction of sp³-hybridized carbons (Fsp3) is 0.0800. The Hall–Kier alpha value is -3.26. The maximum Gasteiger partial charge on any atom is 0.127 e. The number of hydrogen-bond acceptors (Lipinski definition) is 4. The molecule has 0 atom stereocenters. The maximum absolute atomic E-state index is 4.83. The Labute approximate surface area is 194 Å². The van der Waals surface area contributed by atoms with Gasteiger partial charge in [0.1, 0.15) is 5.82 Å². The highest BCUT2D eigenvalue weighted by Crippen LogP contribution is 2.27. The van der Waals surface area contributed by atoms with E-state index in [1.54, 1.807) is 6.20 Å². The van der Waals surface area contributed by atoms with Crippen molar-refractivity contribution in [1.29, 1.82) is 0 Å². The number of para-hydroxylation sites is 1. The average Bonchev–Trinajstić information content (AvgIpc) is 3.23. The van der Waals surface area contributed by atoms with Crippen LogP contribution in [0.25, 0.3) is 33.4 Å². The molecular weight excluding hydrogens is 497 g/mol. The van der Waals surface area contributed by atoms with Gasteiger partial charge in [-0.3, -0.25) is 9.97 Å². The van der Waals surface area contributed by atoms with Crippen LogP contribution in [0.15, 0.2) is 85.5 Å². The van der Waals surface area contributed by atoms with Gasteiger partial charge in [-0.2, -0.15) is 0 Å². The SMILES string of the molecule is Ic1cncc(-c2cc(NCCc3c[nH]c4ccccc34)nc(-c3ccccn3)c2)c1. The molecule has 0 aliphatic heterocycles. The van der Waals surface area contributed by atoms with Gasteiger partial charge in [-0.25, -0.2) is 4.98 Å². The third-order valence-corrected chi connectivity index (χ3v) is 5.76. The van der Waals surface area contributed by atoms with Crippen LogP contribution in [0.4, 0.5) is 5.82 Å². The number of nitrogens with one attached hydrogen (secondary N) is 2. The molecule has 31 heavy (non-hydrogen) atoms. The lowest BCUT2D eigenvalue weighted by Crippen LogP contribution is -2.07. The number of H-pyrrole nitrogens is 1. The topological polar surface area (TPSA) is 66.5 Å². The number of aromatic amines is 1. The van der Waals surface area contributed by atoms with Gasteiger partial charge in [0.2, 0.25) is 0 Å². The number of rotatable bonds is 6. The van der Waals surface area contributed by atoms with E-state index in [0.717, 1.165) is 44.9 Å². The number of halogens is 1. The van der Waals surface area contributed by atoms with Crippen LogP contribution in [0.2, 0.25) is 0 Å². The normalized spacial score (nSPS) is 11.0. The molecule has 0 aliphatic carbocycles. The third-order valence-electron chi connectivity index (χ3n) is 5.17. The zero-order chi connectivity index (χ0) is 21.0. The first kappa shape index (κ1) is 19.7. The van der Waals surface area contributed by atoms with Crippen LogP contribution < -0.4 is 5.32 Å². The molecule has 5 nitrogen and oxygen atoms in total. The minimum atomic E-state index is 0.782. The zero-order valence-corrected chi connectivity index (χ0v) is 18.9. The van der Waals surface area contributed by atoms with Gasteiger partial charge in [0.25, 0.3) is 0 Å². The standard InChI is InChI=1S/C25H20IN5/c26-20-11-19(14-27-16-20)18-12-24(23-7-3-4-9-28-23)31-25(13-18)29-10-8-17-15-30-22-6-2-1-5-21(17)22/h1-7,9,11-16,30H,8,10H2,(H,29,31). The lowest BCUT2D eigenvalue weighted by molar-refractivity contribution is 1.01. The lowest BCUT2D eigenvalue weighted by Gasteiger charge is -2.11. The van der Waals surface area contributed by atoms with Crippen molar-refractivity contribution >= 4 is 39.3 Å². The van der Waals surface area contributed by atoms with Gasteiger partial charge in [-0.05, 0) is 76.5 Å². The Kier molecular flexibility index (Phi) is 5.62. The summed E-state index contributed by atoms with van der Waals surface area (Å²) < 4.78 is 1.10. The van der Waals surface area contributed by atoms with Crippen LogP contribution in [-0.2, 0) is 6.42 Å². The second kappa shape index (κ2) is 8.85. The largest absolute Gasteiger partial charge is 0.370 e.